The predicted molar refractivity (Wildman–Crippen MR) is 155 cm³/mol. The zero-order valence-corrected chi connectivity index (χ0v) is 23.9. The number of piperidine rings is 1. The van der Waals surface area contributed by atoms with E-state index in [0.29, 0.717) is 6.04 Å². The number of hydrogen-bond donors (Lipinski definition) is 4. The molecule has 1 aliphatic rings. The van der Waals surface area contributed by atoms with E-state index in [9.17, 15) is 29.4 Å². The summed E-state index contributed by atoms with van der Waals surface area (Å²) in [5.41, 5.74) is 9.08. The van der Waals surface area contributed by atoms with Crippen LogP contribution in [0.1, 0.15) is 56.3 Å². The molecule has 3 aromatic carbocycles. The molecule has 4 rings (SSSR count). The third-order valence-corrected chi connectivity index (χ3v) is 6.79. The maximum Gasteiger partial charge on any atom is 0.349 e. The highest BCUT2D eigenvalue weighted by Crippen LogP contribution is 2.23. The topological polar surface area (TPSA) is 165 Å². The number of nitrogens with two attached hydrogens (primary N) is 1. The van der Waals surface area contributed by atoms with Gasteiger partial charge < -0.3 is 30.7 Å². The highest BCUT2D eigenvalue weighted by Gasteiger charge is 2.41. The Morgan fingerprint density at radius 3 is 1.60 bits per heavy atom. The zero-order chi connectivity index (χ0) is 30.8. The van der Waals surface area contributed by atoms with Crippen molar-refractivity contribution in [1.29, 1.82) is 0 Å². The normalized spacial score (nSPS) is 17.5. The minimum absolute atomic E-state index is 0.0332. The molecule has 1 fully saturated rings. The Morgan fingerprint density at radius 2 is 1.21 bits per heavy atom. The first kappa shape index (κ1) is 32.3. The minimum Gasteiger partial charge on any atom is -0.478 e. The number of esters is 2. The summed E-state index contributed by atoms with van der Waals surface area (Å²) in [5, 5.41) is 22.9. The molecule has 0 aliphatic carbocycles. The molecule has 11 heteroatoms. The monoisotopic (exact) mass is 596 g/mol. The number of aliphatic carboxylic acids is 2. The van der Waals surface area contributed by atoms with Crippen LogP contribution in [0.2, 0.25) is 5.02 Å². The van der Waals surface area contributed by atoms with Gasteiger partial charge in [-0.1, -0.05) is 59.1 Å². The lowest BCUT2D eigenvalue weighted by Gasteiger charge is -2.30. The van der Waals surface area contributed by atoms with Crippen LogP contribution in [0.4, 0.5) is 0 Å². The molecule has 4 atom stereocenters. The van der Waals surface area contributed by atoms with Gasteiger partial charge >= 0.3 is 23.9 Å². The van der Waals surface area contributed by atoms with Crippen molar-refractivity contribution in [2.24, 2.45) is 5.73 Å². The molecule has 0 spiro atoms. The van der Waals surface area contributed by atoms with Gasteiger partial charge in [0.25, 0.3) is 0 Å². The van der Waals surface area contributed by atoms with Crippen LogP contribution in [0.25, 0.3) is 0 Å². The van der Waals surface area contributed by atoms with E-state index in [4.69, 9.17) is 26.8 Å². The molecule has 5 N–H and O–H groups in total. The van der Waals surface area contributed by atoms with Crippen LogP contribution in [-0.4, -0.2) is 58.9 Å². The summed E-state index contributed by atoms with van der Waals surface area (Å²) in [6.45, 7) is 4.64. The van der Waals surface area contributed by atoms with E-state index in [1.165, 1.54) is 36.2 Å². The zero-order valence-electron chi connectivity index (χ0n) is 23.2. The predicted octanol–water partition coefficient (Wildman–Crippen LogP) is 4.32. The van der Waals surface area contributed by atoms with Crippen molar-refractivity contribution < 1.29 is 38.9 Å². The second-order valence-corrected chi connectivity index (χ2v) is 10.3. The first-order valence-electron chi connectivity index (χ1n) is 13.2. The Morgan fingerprint density at radius 1 is 0.786 bits per heavy atom. The van der Waals surface area contributed by atoms with Crippen LogP contribution in [0.3, 0.4) is 0 Å². The van der Waals surface area contributed by atoms with Crippen molar-refractivity contribution in [2.75, 3.05) is 6.54 Å². The lowest BCUT2D eigenvalue weighted by molar-refractivity contribution is -0.166. The van der Waals surface area contributed by atoms with Crippen molar-refractivity contribution >= 4 is 35.5 Å². The Hall–Kier alpha value is -4.25. The fourth-order valence-corrected chi connectivity index (χ4v) is 4.30. The van der Waals surface area contributed by atoms with Crippen LogP contribution in [0.15, 0.2) is 72.8 Å². The van der Waals surface area contributed by atoms with Crippen molar-refractivity contribution in [2.45, 2.75) is 51.0 Å². The molecule has 222 valence electrons. The molecule has 0 radical (unpaired) electrons. The van der Waals surface area contributed by atoms with Gasteiger partial charge in [-0.25, -0.2) is 19.2 Å². The highest BCUT2D eigenvalue weighted by molar-refractivity contribution is 6.30. The maximum absolute atomic E-state index is 12.2. The number of rotatable bonds is 8. The molecule has 3 aromatic rings. The van der Waals surface area contributed by atoms with Gasteiger partial charge in [-0.3, -0.25) is 0 Å². The molecule has 0 aromatic heterocycles. The van der Waals surface area contributed by atoms with Crippen molar-refractivity contribution in [3.05, 3.63) is 106 Å². The number of nitrogens with one attached hydrogen (secondary N) is 1. The summed E-state index contributed by atoms with van der Waals surface area (Å²) in [6.07, 6.45) is -2.17. The Labute approximate surface area is 248 Å². The van der Waals surface area contributed by atoms with Gasteiger partial charge in [0.1, 0.15) is 0 Å². The summed E-state index contributed by atoms with van der Waals surface area (Å²) < 4.78 is 9.64. The van der Waals surface area contributed by atoms with Gasteiger partial charge in [0.05, 0.1) is 11.1 Å². The molecule has 0 amide bonds. The fourth-order valence-electron chi connectivity index (χ4n) is 4.18. The van der Waals surface area contributed by atoms with Crippen LogP contribution < -0.4 is 11.1 Å². The molecular formula is C31H33ClN2O8. The molecule has 0 saturated carbocycles. The Kier molecular flexibility index (Phi) is 11.6. The fraction of sp³-hybridized carbons (Fsp3) is 0.290. The van der Waals surface area contributed by atoms with Crippen LogP contribution in [0.5, 0.6) is 0 Å². The van der Waals surface area contributed by atoms with Gasteiger partial charge in [-0.15, -0.1) is 0 Å². The molecule has 1 aliphatic heterocycles. The summed E-state index contributed by atoms with van der Waals surface area (Å²) in [5.74, 6) is -5.62. The molecule has 2 unspecified atom stereocenters. The molecule has 10 nitrogen and oxygen atoms in total. The van der Waals surface area contributed by atoms with Crippen LogP contribution >= 0.6 is 11.6 Å². The smallest absolute Gasteiger partial charge is 0.349 e. The number of benzene rings is 3. The largest absolute Gasteiger partial charge is 0.478 e. The number of aryl methyl sites for hydroxylation is 2. The van der Waals surface area contributed by atoms with E-state index in [1.807, 2.05) is 24.3 Å². The number of carboxylic acids is 2. The third kappa shape index (κ3) is 9.13. The number of hydrogen-bond acceptors (Lipinski definition) is 8. The number of carbonyl (C=O) groups excluding carboxylic acids is 2. The summed E-state index contributed by atoms with van der Waals surface area (Å²) in [6, 6.07) is 20.5. The van der Waals surface area contributed by atoms with Crippen molar-refractivity contribution in [3.8, 4) is 0 Å². The van der Waals surface area contributed by atoms with Gasteiger partial charge in [-0.2, -0.15) is 0 Å². The number of carbonyl (C=O) groups is 4. The molecular weight excluding hydrogens is 564 g/mol. The Balaban J connectivity index is 0.000000287. The Bertz CT molecular complexity index is 1300. The molecule has 1 heterocycles. The highest BCUT2D eigenvalue weighted by atomic mass is 35.5. The first-order valence-corrected chi connectivity index (χ1v) is 13.6. The van der Waals surface area contributed by atoms with E-state index in [-0.39, 0.29) is 17.2 Å². The minimum atomic E-state index is -2.22. The van der Waals surface area contributed by atoms with Gasteiger partial charge in [-0.05, 0) is 75.2 Å². The van der Waals surface area contributed by atoms with E-state index in [2.05, 4.69) is 5.32 Å². The average molecular weight is 597 g/mol. The van der Waals surface area contributed by atoms with Crippen molar-refractivity contribution in [3.63, 3.8) is 0 Å². The van der Waals surface area contributed by atoms with Crippen molar-refractivity contribution in [1.82, 2.24) is 5.32 Å². The van der Waals surface area contributed by atoms with Gasteiger partial charge in [0.15, 0.2) is 0 Å². The second-order valence-electron chi connectivity index (χ2n) is 9.85. The van der Waals surface area contributed by atoms with Crippen LogP contribution in [-0.2, 0) is 19.1 Å². The summed E-state index contributed by atoms with van der Waals surface area (Å²) in [7, 11) is 0. The SMILES string of the molecule is Cc1ccc(C(=O)O[C@@H](C(=O)O)[C@@H](OC(=O)c2ccc(C)cc2)C(=O)O)cc1.NC1CCCNC1c1ccc(Cl)cc1. The van der Waals surface area contributed by atoms with Gasteiger partial charge in [0, 0.05) is 17.1 Å². The number of ether oxygens (including phenoxy) is 2. The molecule has 42 heavy (non-hydrogen) atoms. The number of halogens is 1. The van der Waals surface area contributed by atoms with Crippen LogP contribution in [0, 0.1) is 13.8 Å². The summed E-state index contributed by atoms with van der Waals surface area (Å²) >= 11 is 5.84. The average Bonchev–Trinajstić information content (AvgIpc) is 2.96. The maximum atomic E-state index is 12.2. The van der Waals surface area contributed by atoms with E-state index < -0.39 is 36.1 Å². The molecule has 1 saturated heterocycles. The van der Waals surface area contributed by atoms with E-state index in [1.54, 1.807) is 38.1 Å². The standard InChI is InChI=1S/C20H18O8.C11H15ClN2/c1-11-3-7-13(8-4-11)19(25)27-15(17(21)22)16(18(23)24)28-20(26)14-9-5-12(2)6-10-14;12-9-5-3-8(4-6-9)11-10(13)2-1-7-14-11/h3-10,15-16H,1-2H3,(H,21,22)(H,23,24);3-6,10-11,14H,1-2,7,13H2/t15-,16-;/m1./s1. The molecule has 0 bridgehead atoms. The van der Waals surface area contributed by atoms with E-state index >= 15 is 0 Å². The second kappa shape index (κ2) is 15.1. The third-order valence-electron chi connectivity index (χ3n) is 6.54. The summed E-state index contributed by atoms with van der Waals surface area (Å²) in [4.78, 5) is 47.3. The first-order chi connectivity index (χ1) is 20.0. The van der Waals surface area contributed by atoms with Gasteiger partial charge in [0.2, 0.25) is 12.2 Å². The number of carboxylic acid groups (broad SMARTS) is 2. The lowest BCUT2D eigenvalue weighted by atomic mass is 9.93. The van der Waals surface area contributed by atoms with E-state index in [0.717, 1.165) is 29.1 Å². The lowest BCUT2D eigenvalue weighted by Crippen LogP contribution is -2.45. The quantitative estimate of drug-likeness (QED) is 0.275.